The molecule has 3 aliphatic heterocycles. The van der Waals surface area contributed by atoms with E-state index in [9.17, 15) is 115 Å². The van der Waals surface area contributed by atoms with Crippen molar-refractivity contribution in [1.29, 1.82) is 0 Å². The van der Waals surface area contributed by atoms with E-state index in [4.69, 9.17) is 55.2 Å². The lowest BCUT2D eigenvalue weighted by Gasteiger charge is -2.53. The molecular weight excluding hydrogens is 1630 g/mol. The molecule has 7 heterocycles. The average Bonchev–Trinajstić information content (AvgIpc) is 1.38. The van der Waals surface area contributed by atoms with Gasteiger partial charge in [0.2, 0.25) is 17.6 Å². The molecule has 0 aromatic carbocycles. The van der Waals surface area contributed by atoms with Crippen molar-refractivity contribution in [2.75, 3.05) is 39.6 Å². The van der Waals surface area contributed by atoms with Crippen LogP contribution in [0.3, 0.4) is 0 Å². The van der Waals surface area contributed by atoms with Crippen LogP contribution in [0, 0.1) is 43.3 Å². The number of hydrogen-bond donors (Lipinski definition) is 2. The third-order valence-electron chi connectivity index (χ3n) is 20.4. The number of nitrogens with zero attached hydrogens (tertiary/aromatic N) is 4. The first-order valence-corrected chi connectivity index (χ1v) is 36.7. The summed E-state index contributed by atoms with van der Waals surface area (Å²) in [5.74, 6) is -3.45. The fraction of sp³-hybridized carbons (Fsp3) is 0.724. The summed E-state index contributed by atoms with van der Waals surface area (Å²) in [6.07, 6.45) is -36.1. The minimum Gasteiger partial charge on any atom is -0.473 e. The molecule has 3 saturated heterocycles. The molecule has 116 heavy (non-hydrogen) atoms. The molecule has 3 N–H and O–H groups in total. The number of halogens is 25. The van der Waals surface area contributed by atoms with Gasteiger partial charge >= 0.3 is 49.4 Å². The maximum Gasteiger partial charge on any atom is 0.433 e. The van der Waals surface area contributed by atoms with Gasteiger partial charge in [0, 0.05) is 108 Å². The van der Waals surface area contributed by atoms with E-state index >= 15 is 0 Å². The predicted molar refractivity (Wildman–Crippen MR) is 371 cm³/mol. The van der Waals surface area contributed by atoms with Crippen LogP contribution >= 0.6 is 11.6 Å². The minimum atomic E-state index is -5.05. The summed E-state index contributed by atoms with van der Waals surface area (Å²) in [7, 11) is 0. The van der Waals surface area contributed by atoms with E-state index in [0.29, 0.717) is 76.4 Å². The summed E-state index contributed by atoms with van der Waals surface area (Å²) in [6.45, 7) is 34.0. The number of alkyl halides is 24. The average molecular weight is 1730 g/mol. The van der Waals surface area contributed by atoms with E-state index in [1.165, 1.54) is 12.8 Å². The molecule has 4 saturated carbocycles. The lowest BCUT2D eigenvalue weighted by Crippen LogP contribution is -2.58. The van der Waals surface area contributed by atoms with Gasteiger partial charge in [0.25, 0.3) is 0 Å². The van der Waals surface area contributed by atoms with Crippen LogP contribution < -0.4 is 19.9 Å². The first kappa shape index (κ1) is 98.8. The standard InChI is InChI=1S/C19H23F6NO3.C17H22F6N2O.C17H19F6NO2.C12H22O3.C7H2ClF6N.C4H8O/c1-15(2)9-17(27-5-6-28-17)10-16(3,4)14(15)29-13-8-11(18(20,21)22)7-12(26-13)19(23,24)25;1-14(2)7-10(24)8-15(3,4)13(14)26-12-6-9(16(18,19)20)5-11(25-12)17(21,22)23;1-14(2)7-10(25)8-15(3,4)13(14)26-12-6-9(16(18,19)20)5-11(24-12)17(21,22)23;1-10(2)7-12(14-5-6-15-12)8-11(3,4)9(10)13;8-5-2-3(6(9,10)11)1-4(15-5)7(12,13)14;1-2-4-5-3-1/h7-8,14H,5-6,9-10H2,1-4H3;5-6,10,13H,7-8,24H2,1-4H3;5-6,13H,7-8H2,1-4H3;9,13H,5-8H2,1-4H3;1-2H;1-4H2. The van der Waals surface area contributed by atoms with Crippen LogP contribution in [0.25, 0.3) is 0 Å². The number of aliphatic hydroxyl groups is 1. The van der Waals surface area contributed by atoms with Crippen molar-refractivity contribution in [2.24, 2.45) is 49.1 Å². The Hall–Kier alpha value is -6.00. The number of nitrogens with two attached hydrogens (primary N) is 1. The highest BCUT2D eigenvalue weighted by molar-refractivity contribution is 6.29. The Morgan fingerprint density at radius 2 is 0.612 bits per heavy atom. The molecule has 4 aromatic rings. The van der Waals surface area contributed by atoms with Crippen molar-refractivity contribution in [2.45, 2.75) is 266 Å². The zero-order chi connectivity index (χ0) is 88.8. The van der Waals surface area contributed by atoms with Crippen molar-refractivity contribution in [3.05, 3.63) is 98.7 Å². The highest BCUT2D eigenvalue weighted by Gasteiger charge is 2.60. The Morgan fingerprint density at radius 3 is 0.871 bits per heavy atom. The number of carbonyl (C=O) groups excluding carboxylic acids is 1. The molecule has 0 amide bonds. The molecule has 4 aromatic heterocycles. The second-order valence-corrected chi connectivity index (χ2v) is 35.8. The number of pyridine rings is 4. The summed E-state index contributed by atoms with van der Waals surface area (Å²) in [5, 5.41) is 9.45. The van der Waals surface area contributed by atoms with Crippen LogP contribution in [0.5, 0.6) is 17.6 Å². The summed E-state index contributed by atoms with van der Waals surface area (Å²) >= 11 is 5.05. The van der Waals surface area contributed by atoms with Crippen LogP contribution in [0.4, 0.5) is 105 Å². The third kappa shape index (κ3) is 26.3. The second kappa shape index (κ2) is 34.5. The van der Waals surface area contributed by atoms with Crippen LogP contribution in [-0.2, 0) is 77.9 Å². The molecule has 15 nitrogen and oxygen atoms in total. The highest BCUT2D eigenvalue weighted by atomic mass is 35.5. The van der Waals surface area contributed by atoms with Gasteiger partial charge in [-0.15, -0.1) is 0 Å². The first-order chi connectivity index (χ1) is 52.0. The van der Waals surface area contributed by atoms with E-state index in [0.717, 1.165) is 26.1 Å². The van der Waals surface area contributed by atoms with E-state index in [1.54, 1.807) is 27.7 Å². The third-order valence-corrected chi connectivity index (χ3v) is 20.6. The van der Waals surface area contributed by atoms with Crippen molar-refractivity contribution < 1.29 is 153 Å². The Kier molecular flexibility index (Phi) is 29.4. The molecule has 0 radical (unpaired) electrons. The molecule has 7 aliphatic rings. The maximum atomic E-state index is 13.1. The zero-order valence-corrected chi connectivity index (χ0v) is 67.0. The predicted octanol–water partition coefficient (Wildman–Crippen LogP) is 22.3. The van der Waals surface area contributed by atoms with Gasteiger partial charge in [-0.1, -0.05) is 122 Å². The van der Waals surface area contributed by atoms with E-state index in [1.807, 2.05) is 55.4 Å². The molecule has 660 valence electrons. The molecule has 7 fully saturated rings. The summed E-state index contributed by atoms with van der Waals surface area (Å²) in [4.78, 5) is 24.5. The van der Waals surface area contributed by atoms with Crippen LogP contribution in [0.15, 0.2) is 48.5 Å². The van der Waals surface area contributed by atoms with Gasteiger partial charge < -0.3 is 48.7 Å². The van der Waals surface area contributed by atoms with Crippen LogP contribution in [0.2, 0.25) is 5.15 Å². The molecular formula is C76H96ClF24N5O10. The fourth-order valence-corrected chi connectivity index (χ4v) is 17.3. The molecule has 2 spiro atoms. The Morgan fingerprint density at radius 1 is 0.362 bits per heavy atom. The number of aromatic nitrogens is 4. The number of Topliss-reactive ketones (excluding diaryl/α,β-unsaturated/α-hetero) is 1. The van der Waals surface area contributed by atoms with Crippen molar-refractivity contribution >= 4 is 17.4 Å². The number of ether oxygens (including phenoxy) is 8. The second-order valence-electron chi connectivity index (χ2n) is 35.4. The number of ketones is 1. The number of aliphatic hydroxyl groups excluding tert-OH is 1. The molecule has 0 unspecified atom stereocenters. The van der Waals surface area contributed by atoms with Crippen molar-refractivity contribution in [3.63, 3.8) is 0 Å². The molecule has 4 aliphatic carbocycles. The quantitative estimate of drug-likeness (QED) is 0.137. The summed E-state index contributed by atoms with van der Waals surface area (Å²) < 4.78 is 352. The van der Waals surface area contributed by atoms with E-state index in [2.05, 4.69) is 47.6 Å². The van der Waals surface area contributed by atoms with Gasteiger partial charge in [-0.05, 0) is 66.8 Å². The highest BCUT2D eigenvalue weighted by Crippen LogP contribution is 2.57. The minimum absolute atomic E-state index is 0.0140. The monoisotopic (exact) mass is 1730 g/mol. The van der Waals surface area contributed by atoms with E-state index in [-0.39, 0.29) is 65.9 Å². The maximum absolute atomic E-state index is 13.1. The van der Waals surface area contributed by atoms with Gasteiger partial charge in [-0.25, -0.2) is 19.9 Å². The summed E-state index contributed by atoms with van der Waals surface area (Å²) in [6, 6.07) is 1.51. The Labute approximate surface area is 659 Å². The molecule has 11 rings (SSSR count). The fourth-order valence-electron chi connectivity index (χ4n) is 17.1. The van der Waals surface area contributed by atoms with Crippen LogP contribution in [-0.4, -0.2) is 112 Å². The number of rotatable bonds is 6. The Bertz CT molecular complexity index is 3770. The van der Waals surface area contributed by atoms with Gasteiger partial charge in [0.1, 0.15) is 52.0 Å². The lowest BCUT2D eigenvalue weighted by atomic mass is 9.60. The molecule has 0 atom stereocenters. The largest absolute Gasteiger partial charge is 0.473 e. The van der Waals surface area contributed by atoms with Crippen molar-refractivity contribution in [3.8, 4) is 17.6 Å². The number of hydrogen-bond acceptors (Lipinski definition) is 15. The van der Waals surface area contributed by atoms with Gasteiger partial charge in [-0.2, -0.15) is 105 Å². The van der Waals surface area contributed by atoms with Crippen molar-refractivity contribution in [1.82, 2.24) is 19.9 Å². The molecule has 40 heteroatoms. The topological polar surface area (TPSA) is 189 Å². The molecule has 0 bridgehead atoms. The van der Waals surface area contributed by atoms with Gasteiger partial charge in [0.05, 0.1) is 54.8 Å². The van der Waals surface area contributed by atoms with Gasteiger partial charge in [-0.3, -0.25) is 4.79 Å². The smallest absolute Gasteiger partial charge is 0.433 e. The lowest BCUT2D eigenvalue weighted by molar-refractivity contribution is -0.252. The van der Waals surface area contributed by atoms with Gasteiger partial charge in [0.15, 0.2) is 11.6 Å². The van der Waals surface area contributed by atoms with Crippen LogP contribution in [0.1, 0.15) is 220 Å². The SMILES string of the molecule is C1CCOC1.CC1(C)CC(=O)CC(C)(C)C1Oc1cc(C(F)(F)F)cc(C(F)(F)F)n1.CC1(C)CC(N)CC(C)(C)C1Oc1cc(C(F)(F)F)cc(C(F)(F)F)n1.CC1(C)CC2(CC(C)(C)C1O)OCCO2.CC1(C)CC2(CC(C)(C)C1Oc1cc(C(F)(F)F)cc(C(F)(F)F)n1)OCCO2.FC(F)(F)c1cc(Cl)nc(C(F)(F)F)c1. The Balaban J connectivity index is 0.000000226. The zero-order valence-electron chi connectivity index (χ0n) is 66.3. The normalized spacial score (nSPS) is 23.5. The van der Waals surface area contributed by atoms with E-state index < -0.39 is 180 Å². The summed E-state index contributed by atoms with van der Waals surface area (Å²) in [5.41, 5.74) is -10.7. The number of carbonyl (C=O) groups is 1. The first-order valence-electron chi connectivity index (χ1n) is 36.4.